The van der Waals surface area contributed by atoms with E-state index in [1.54, 1.807) is 18.2 Å². The summed E-state index contributed by atoms with van der Waals surface area (Å²) < 4.78 is 41.9. The Bertz CT molecular complexity index is 971. The van der Waals surface area contributed by atoms with Gasteiger partial charge in [0.05, 0.1) is 17.1 Å². The van der Waals surface area contributed by atoms with Crippen LogP contribution in [-0.4, -0.2) is 14.3 Å². The van der Waals surface area contributed by atoms with Gasteiger partial charge in [-0.05, 0) is 36.5 Å². The van der Waals surface area contributed by atoms with Gasteiger partial charge in [-0.25, -0.2) is 12.8 Å². The van der Waals surface area contributed by atoms with Crippen molar-refractivity contribution in [3.8, 4) is 0 Å². The minimum atomic E-state index is -3.70. The number of anilines is 2. The number of fused-ring (bicyclic) bond motifs is 1. The molecule has 3 rings (SSSR count). The first kappa shape index (κ1) is 19.4. The molecule has 0 aliphatic carbocycles. The number of hydrogen-bond acceptors (Lipinski definition) is 3. The van der Waals surface area contributed by atoms with E-state index in [1.165, 1.54) is 0 Å². The molecule has 2 aromatic carbocycles. The van der Waals surface area contributed by atoms with Gasteiger partial charge in [0.2, 0.25) is 15.9 Å². The van der Waals surface area contributed by atoms with Crippen LogP contribution in [0.5, 0.6) is 0 Å². The van der Waals surface area contributed by atoms with Gasteiger partial charge in [-0.2, -0.15) is 0 Å². The van der Waals surface area contributed by atoms with Crippen molar-refractivity contribution in [2.24, 2.45) is 5.92 Å². The van der Waals surface area contributed by atoms with Crippen molar-refractivity contribution in [3.05, 3.63) is 58.9 Å². The third kappa shape index (κ3) is 4.13. The molecular formula is C20H23FN2O3S. The molecule has 0 aromatic heterocycles. The van der Waals surface area contributed by atoms with Crippen molar-refractivity contribution in [1.29, 1.82) is 0 Å². The highest BCUT2D eigenvalue weighted by Gasteiger charge is 2.33. The fraction of sp³-hybridized carbons (Fsp3) is 0.350. The Labute approximate surface area is 159 Å². The molecule has 2 atom stereocenters. The van der Waals surface area contributed by atoms with E-state index in [4.69, 9.17) is 0 Å². The smallest absolute Gasteiger partial charge is 0.236 e. The van der Waals surface area contributed by atoms with Gasteiger partial charge in [0.1, 0.15) is 5.82 Å². The number of nitrogens with one attached hydrogen (secondary N) is 2. The molecule has 0 saturated heterocycles. The van der Waals surface area contributed by atoms with E-state index in [2.05, 4.69) is 10.0 Å². The highest BCUT2D eigenvalue weighted by atomic mass is 32.2. The lowest BCUT2D eigenvalue weighted by atomic mass is 9.81. The van der Waals surface area contributed by atoms with Crippen molar-refractivity contribution in [2.45, 2.75) is 38.9 Å². The molecule has 7 heteroatoms. The predicted octanol–water partition coefficient (Wildman–Crippen LogP) is 4.16. The zero-order valence-electron chi connectivity index (χ0n) is 15.5. The lowest BCUT2D eigenvalue weighted by Crippen LogP contribution is -2.32. The molecule has 144 valence electrons. The van der Waals surface area contributed by atoms with Crippen LogP contribution in [0.3, 0.4) is 0 Å². The topological polar surface area (TPSA) is 75.3 Å². The summed E-state index contributed by atoms with van der Waals surface area (Å²) in [7, 11) is -3.70. The Balaban J connectivity index is 1.88. The first-order chi connectivity index (χ1) is 12.7. The molecule has 0 spiro atoms. The zero-order chi connectivity index (χ0) is 19.8. The normalized spacial score (nSPS) is 19.3. The second-order valence-electron chi connectivity index (χ2n) is 7.06. The van der Waals surface area contributed by atoms with E-state index < -0.39 is 15.8 Å². The van der Waals surface area contributed by atoms with E-state index in [0.717, 1.165) is 11.6 Å². The van der Waals surface area contributed by atoms with Crippen molar-refractivity contribution < 1.29 is 17.6 Å². The van der Waals surface area contributed by atoms with Gasteiger partial charge in [0.15, 0.2) is 0 Å². The Morgan fingerprint density at radius 1 is 1.19 bits per heavy atom. The lowest BCUT2D eigenvalue weighted by molar-refractivity contribution is -0.120. The molecule has 1 heterocycles. The third-order valence-corrected chi connectivity index (χ3v) is 6.25. The summed E-state index contributed by atoms with van der Waals surface area (Å²) in [5.41, 5.74) is 2.60. The molecule has 2 aromatic rings. The molecule has 2 N–H and O–H groups in total. The summed E-state index contributed by atoms with van der Waals surface area (Å²) in [6, 6.07) is 9.91. The SMILES string of the molecule is CCC1C(=O)Nc2c(F)cc(NS(=O)(=O)Cc3ccc(C)cc3)cc2C1C. The molecule has 0 saturated carbocycles. The maximum absolute atomic E-state index is 14.5. The van der Waals surface area contributed by atoms with Crippen LogP contribution in [0.15, 0.2) is 36.4 Å². The van der Waals surface area contributed by atoms with Crippen LogP contribution in [0.1, 0.15) is 42.9 Å². The van der Waals surface area contributed by atoms with Crippen LogP contribution in [0.2, 0.25) is 0 Å². The quantitative estimate of drug-likeness (QED) is 0.805. The summed E-state index contributed by atoms with van der Waals surface area (Å²) in [4.78, 5) is 12.1. The predicted molar refractivity (Wildman–Crippen MR) is 105 cm³/mol. The van der Waals surface area contributed by atoms with E-state index in [-0.39, 0.29) is 34.9 Å². The number of hydrogen-bond donors (Lipinski definition) is 2. The number of halogens is 1. The molecule has 1 amide bonds. The molecular weight excluding hydrogens is 367 g/mol. The van der Waals surface area contributed by atoms with Crippen LogP contribution in [0, 0.1) is 18.7 Å². The molecule has 0 fully saturated rings. The Kier molecular flexibility index (Phi) is 5.24. The fourth-order valence-corrected chi connectivity index (χ4v) is 4.68. The first-order valence-corrected chi connectivity index (χ1v) is 10.6. The van der Waals surface area contributed by atoms with Crippen molar-refractivity contribution in [1.82, 2.24) is 0 Å². The van der Waals surface area contributed by atoms with Crippen LogP contribution in [-0.2, 0) is 20.6 Å². The maximum Gasteiger partial charge on any atom is 0.236 e. The molecule has 27 heavy (non-hydrogen) atoms. The minimum Gasteiger partial charge on any atom is -0.323 e. The number of carbonyl (C=O) groups is 1. The van der Waals surface area contributed by atoms with Crippen LogP contribution >= 0.6 is 0 Å². The van der Waals surface area contributed by atoms with E-state index >= 15 is 0 Å². The van der Waals surface area contributed by atoms with E-state index in [9.17, 15) is 17.6 Å². The highest BCUT2D eigenvalue weighted by molar-refractivity contribution is 7.91. The molecule has 5 nitrogen and oxygen atoms in total. The van der Waals surface area contributed by atoms with Crippen LogP contribution in [0.4, 0.5) is 15.8 Å². The number of sulfonamides is 1. The monoisotopic (exact) mass is 390 g/mol. The fourth-order valence-electron chi connectivity index (χ4n) is 3.50. The highest BCUT2D eigenvalue weighted by Crippen LogP contribution is 2.40. The summed E-state index contributed by atoms with van der Waals surface area (Å²) in [5.74, 6) is -1.51. The van der Waals surface area contributed by atoms with Crippen molar-refractivity contribution in [2.75, 3.05) is 10.0 Å². The Morgan fingerprint density at radius 3 is 2.48 bits per heavy atom. The largest absolute Gasteiger partial charge is 0.323 e. The van der Waals surface area contributed by atoms with Gasteiger partial charge >= 0.3 is 0 Å². The van der Waals surface area contributed by atoms with Crippen LogP contribution in [0.25, 0.3) is 0 Å². The van der Waals surface area contributed by atoms with E-state index in [1.807, 2.05) is 32.9 Å². The zero-order valence-corrected chi connectivity index (χ0v) is 16.4. The number of benzene rings is 2. The molecule has 1 aliphatic rings. The molecule has 0 radical (unpaired) electrons. The lowest BCUT2D eigenvalue weighted by Gasteiger charge is -2.30. The average molecular weight is 390 g/mol. The maximum atomic E-state index is 14.5. The minimum absolute atomic E-state index is 0.138. The van der Waals surface area contributed by atoms with Gasteiger partial charge in [0, 0.05) is 12.0 Å². The van der Waals surface area contributed by atoms with Crippen molar-refractivity contribution >= 4 is 27.3 Å². The third-order valence-electron chi connectivity index (χ3n) is 4.99. The summed E-state index contributed by atoms with van der Waals surface area (Å²) in [6.07, 6.45) is 0.622. The van der Waals surface area contributed by atoms with Crippen molar-refractivity contribution in [3.63, 3.8) is 0 Å². The second kappa shape index (κ2) is 7.31. The standard InChI is InChI=1S/C20H23FN2O3S/c1-4-16-13(3)17-9-15(10-18(21)19(17)22-20(16)24)23-27(25,26)11-14-7-5-12(2)6-8-14/h5-10,13,16,23H,4,11H2,1-3H3,(H,22,24). The Morgan fingerprint density at radius 2 is 1.85 bits per heavy atom. The Hall–Kier alpha value is -2.41. The summed E-state index contributed by atoms with van der Waals surface area (Å²) in [5, 5.41) is 2.60. The number of amides is 1. The van der Waals surface area contributed by atoms with Crippen LogP contribution < -0.4 is 10.0 Å². The first-order valence-electron chi connectivity index (χ1n) is 8.90. The number of aryl methyl sites for hydroxylation is 1. The summed E-state index contributed by atoms with van der Waals surface area (Å²) in [6.45, 7) is 5.68. The molecule has 1 aliphatic heterocycles. The van der Waals surface area contributed by atoms with E-state index in [0.29, 0.717) is 17.5 Å². The average Bonchev–Trinajstić information content (AvgIpc) is 2.58. The van der Waals surface area contributed by atoms with Gasteiger partial charge in [-0.15, -0.1) is 0 Å². The van der Waals surface area contributed by atoms with Gasteiger partial charge in [-0.1, -0.05) is 43.7 Å². The van der Waals surface area contributed by atoms with Gasteiger partial charge < -0.3 is 5.32 Å². The second-order valence-corrected chi connectivity index (χ2v) is 8.78. The molecule has 0 bridgehead atoms. The number of carbonyl (C=O) groups excluding carboxylic acids is 1. The van der Waals surface area contributed by atoms with Gasteiger partial charge in [-0.3, -0.25) is 9.52 Å². The van der Waals surface area contributed by atoms with Gasteiger partial charge in [0.25, 0.3) is 0 Å². The number of rotatable bonds is 5. The molecule has 2 unspecified atom stereocenters. The summed E-state index contributed by atoms with van der Waals surface area (Å²) >= 11 is 0.